The van der Waals surface area contributed by atoms with Crippen LogP contribution in [0.1, 0.15) is 43.2 Å². The zero-order valence-electron chi connectivity index (χ0n) is 19.0. The van der Waals surface area contributed by atoms with Gasteiger partial charge in [0.15, 0.2) is 6.29 Å². The predicted molar refractivity (Wildman–Crippen MR) is 129 cm³/mol. The Kier molecular flexibility index (Phi) is 8.87. The van der Waals surface area contributed by atoms with Crippen molar-refractivity contribution < 1.29 is 18.8 Å². The molecular formula is C25H30ClFN4O3. The highest BCUT2D eigenvalue weighted by molar-refractivity contribution is 6.33. The van der Waals surface area contributed by atoms with Crippen LogP contribution in [0.25, 0.3) is 6.08 Å². The van der Waals surface area contributed by atoms with Crippen LogP contribution >= 0.6 is 11.6 Å². The van der Waals surface area contributed by atoms with Gasteiger partial charge in [-0.2, -0.15) is 0 Å². The van der Waals surface area contributed by atoms with Crippen LogP contribution in [-0.4, -0.2) is 47.8 Å². The third kappa shape index (κ3) is 7.50. The van der Waals surface area contributed by atoms with Gasteiger partial charge >= 0.3 is 0 Å². The van der Waals surface area contributed by atoms with Gasteiger partial charge in [-0.3, -0.25) is 9.69 Å². The zero-order chi connectivity index (χ0) is 23.8. The van der Waals surface area contributed by atoms with Crippen LogP contribution in [0.3, 0.4) is 0 Å². The quantitative estimate of drug-likeness (QED) is 0.420. The summed E-state index contributed by atoms with van der Waals surface area (Å²) >= 11 is 6.43. The number of hydrogen-bond acceptors (Lipinski definition) is 6. The van der Waals surface area contributed by atoms with Crippen LogP contribution in [0.2, 0.25) is 5.02 Å². The fraction of sp³-hybridized carbons (Fsp3) is 0.440. The van der Waals surface area contributed by atoms with E-state index in [-0.39, 0.29) is 24.1 Å². The lowest BCUT2D eigenvalue weighted by atomic mass is 10.0. The van der Waals surface area contributed by atoms with Crippen LogP contribution < -0.4 is 10.8 Å². The number of benzene rings is 1. The number of nitrogens with zero attached hydrogens (tertiary/aromatic N) is 2. The van der Waals surface area contributed by atoms with Crippen LogP contribution in [0, 0.1) is 5.82 Å². The number of nitrogens with one attached hydrogen (secondary N) is 2. The first-order valence-corrected chi connectivity index (χ1v) is 12.1. The fourth-order valence-corrected chi connectivity index (χ4v) is 4.29. The Morgan fingerprint density at radius 2 is 2.03 bits per heavy atom. The van der Waals surface area contributed by atoms with E-state index in [0.29, 0.717) is 23.0 Å². The number of piperidine rings is 1. The van der Waals surface area contributed by atoms with E-state index in [1.165, 1.54) is 18.2 Å². The van der Waals surface area contributed by atoms with Gasteiger partial charge in [0.25, 0.3) is 5.91 Å². The van der Waals surface area contributed by atoms with Gasteiger partial charge in [0.1, 0.15) is 11.6 Å². The molecule has 2 aliphatic rings. The molecule has 2 aromatic rings. The van der Waals surface area contributed by atoms with Crippen molar-refractivity contribution in [3.8, 4) is 0 Å². The summed E-state index contributed by atoms with van der Waals surface area (Å²) in [6.45, 7) is 3.35. The van der Waals surface area contributed by atoms with Crippen molar-refractivity contribution in [1.29, 1.82) is 0 Å². The summed E-state index contributed by atoms with van der Waals surface area (Å²) < 4.78 is 18.5. The number of pyridine rings is 1. The lowest BCUT2D eigenvalue weighted by Gasteiger charge is -2.32. The van der Waals surface area contributed by atoms with E-state index in [2.05, 4.69) is 20.7 Å². The molecule has 1 atom stereocenters. The number of rotatable bonds is 8. The number of amides is 1. The molecule has 1 amide bonds. The van der Waals surface area contributed by atoms with Crippen molar-refractivity contribution in [2.24, 2.45) is 0 Å². The number of likely N-dealkylation sites (tertiary alicyclic amines) is 1. The molecule has 7 nitrogen and oxygen atoms in total. The number of carbonyl (C=O) groups excluding carboxylic acids is 1. The van der Waals surface area contributed by atoms with Crippen molar-refractivity contribution in [3.63, 3.8) is 0 Å². The van der Waals surface area contributed by atoms with E-state index < -0.39 is 0 Å². The Labute approximate surface area is 204 Å². The standard InChI is InChI=1S/C25H30ClFN4O3/c26-22-15-19(6-9-23(32)30-34-24-3-1-2-14-33-24)16-28-25(22)29-21-10-12-31(13-11-21)17-18-4-7-20(27)8-5-18/h4-9,15-16,21,24H,1-3,10-14,17H2,(H,28,29)(H,30,32). The number of hydrogen-bond donors (Lipinski definition) is 2. The molecule has 2 saturated heterocycles. The first-order valence-electron chi connectivity index (χ1n) is 11.7. The molecule has 0 aliphatic carbocycles. The summed E-state index contributed by atoms with van der Waals surface area (Å²) in [6.07, 6.45) is 9.04. The molecule has 2 fully saturated rings. The maximum atomic E-state index is 13.1. The van der Waals surface area contributed by atoms with Gasteiger partial charge in [-0.05, 0) is 61.1 Å². The Morgan fingerprint density at radius 3 is 2.74 bits per heavy atom. The molecule has 182 valence electrons. The van der Waals surface area contributed by atoms with Crippen LogP contribution in [0.4, 0.5) is 10.2 Å². The molecule has 0 bridgehead atoms. The summed E-state index contributed by atoms with van der Waals surface area (Å²) in [7, 11) is 0. The van der Waals surface area contributed by atoms with Gasteiger partial charge in [0.05, 0.1) is 5.02 Å². The van der Waals surface area contributed by atoms with E-state index in [1.54, 1.807) is 18.3 Å². The molecule has 2 aliphatic heterocycles. The summed E-state index contributed by atoms with van der Waals surface area (Å²) in [4.78, 5) is 24.0. The summed E-state index contributed by atoms with van der Waals surface area (Å²) in [5.74, 6) is 0.0533. The number of ether oxygens (including phenoxy) is 1. The number of carbonyl (C=O) groups is 1. The second-order valence-corrected chi connectivity index (χ2v) is 9.04. The van der Waals surface area contributed by atoms with Crippen molar-refractivity contribution >= 4 is 29.4 Å². The van der Waals surface area contributed by atoms with Crippen molar-refractivity contribution in [2.45, 2.75) is 51.0 Å². The Hall–Kier alpha value is -2.52. The molecule has 1 unspecified atom stereocenters. The first-order chi connectivity index (χ1) is 16.5. The SMILES string of the molecule is O=C(C=Cc1cnc(NC2CCN(Cc3ccc(F)cc3)CC2)c(Cl)c1)NOC1CCCCO1. The molecule has 1 aromatic carbocycles. The lowest BCUT2D eigenvalue weighted by molar-refractivity contribution is -0.198. The fourth-order valence-electron chi connectivity index (χ4n) is 4.06. The largest absolute Gasteiger partial charge is 0.366 e. The molecule has 0 spiro atoms. The molecule has 34 heavy (non-hydrogen) atoms. The van der Waals surface area contributed by atoms with Gasteiger partial charge < -0.3 is 10.1 Å². The number of hydroxylamine groups is 1. The van der Waals surface area contributed by atoms with Gasteiger partial charge in [-0.25, -0.2) is 19.7 Å². The highest BCUT2D eigenvalue weighted by Crippen LogP contribution is 2.24. The van der Waals surface area contributed by atoms with E-state index in [1.807, 2.05) is 12.1 Å². The highest BCUT2D eigenvalue weighted by atomic mass is 35.5. The molecule has 9 heteroatoms. The summed E-state index contributed by atoms with van der Waals surface area (Å²) in [5.41, 5.74) is 4.22. The highest BCUT2D eigenvalue weighted by Gasteiger charge is 2.20. The van der Waals surface area contributed by atoms with Gasteiger partial charge in [-0.15, -0.1) is 0 Å². The van der Waals surface area contributed by atoms with Gasteiger partial charge in [0.2, 0.25) is 0 Å². The second-order valence-electron chi connectivity index (χ2n) is 8.63. The molecule has 3 heterocycles. The summed E-state index contributed by atoms with van der Waals surface area (Å²) in [6, 6.07) is 8.73. The molecular weight excluding hydrogens is 459 g/mol. The van der Waals surface area contributed by atoms with E-state index >= 15 is 0 Å². The maximum absolute atomic E-state index is 13.1. The second kappa shape index (κ2) is 12.3. The van der Waals surface area contributed by atoms with E-state index in [4.69, 9.17) is 21.2 Å². The Bertz CT molecular complexity index is 975. The van der Waals surface area contributed by atoms with Gasteiger partial charge in [-0.1, -0.05) is 23.7 Å². The lowest BCUT2D eigenvalue weighted by Crippen LogP contribution is -2.38. The van der Waals surface area contributed by atoms with Crippen LogP contribution in [0.15, 0.2) is 42.6 Å². The van der Waals surface area contributed by atoms with E-state index in [0.717, 1.165) is 57.3 Å². The van der Waals surface area contributed by atoms with Crippen molar-refractivity contribution in [2.75, 3.05) is 25.0 Å². The smallest absolute Gasteiger partial charge is 0.267 e. The summed E-state index contributed by atoms with van der Waals surface area (Å²) in [5, 5.41) is 3.94. The molecule has 0 saturated carbocycles. The van der Waals surface area contributed by atoms with Crippen molar-refractivity contribution in [3.05, 3.63) is 64.6 Å². The first kappa shape index (κ1) is 24.6. The third-order valence-corrected chi connectivity index (χ3v) is 6.25. The number of halogens is 2. The Balaban J connectivity index is 1.21. The third-order valence-electron chi connectivity index (χ3n) is 5.97. The monoisotopic (exact) mass is 488 g/mol. The number of anilines is 1. The normalized spacial score (nSPS) is 19.9. The minimum atomic E-state index is -0.387. The van der Waals surface area contributed by atoms with Crippen LogP contribution in [-0.2, 0) is 20.9 Å². The van der Waals surface area contributed by atoms with Gasteiger partial charge in [0, 0.05) is 51.0 Å². The molecule has 0 radical (unpaired) electrons. The topological polar surface area (TPSA) is 75.7 Å². The average Bonchev–Trinajstić information content (AvgIpc) is 2.86. The minimum Gasteiger partial charge on any atom is -0.366 e. The molecule has 2 N–H and O–H groups in total. The molecule has 1 aromatic heterocycles. The predicted octanol–water partition coefficient (Wildman–Crippen LogP) is 4.54. The average molecular weight is 489 g/mol. The minimum absolute atomic E-state index is 0.209. The zero-order valence-corrected chi connectivity index (χ0v) is 19.8. The maximum Gasteiger partial charge on any atom is 0.267 e. The Morgan fingerprint density at radius 1 is 1.24 bits per heavy atom. The number of aromatic nitrogens is 1. The van der Waals surface area contributed by atoms with Crippen molar-refractivity contribution in [1.82, 2.24) is 15.4 Å². The van der Waals surface area contributed by atoms with E-state index in [9.17, 15) is 9.18 Å². The molecule has 4 rings (SSSR count). The van der Waals surface area contributed by atoms with Crippen LogP contribution in [0.5, 0.6) is 0 Å².